The fraction of sp³-hybridized carbons (Fsp3) is 0. The van der Waals surface area contributed by atoms with E-state index in [1.807, 2.05) is 6.07 Å². The summed E-state index contributed by atoms with van der Waals surface area (Å²) in [5, 5.41) is 15.9. The van der Waals surface area contributed by atoms with Crippen molar-refractivity contribution in [2.45, 2.75) is 4.90 Å². The second-order valence-corrected chi connectivity index (χ2v) is 4.83. The smallest absolute Gasteiger partial charge is 0.246 e. The first-order valence-electron chi connectivity index (χ1n) is 4.79. The molecule has 18 heavy (non-hydrogen) atoms. The highest BCUT2D eigenvalue weighted by Crippen LogP contribution is 2.16. The number of anilines is 1. The first-order valence-corrected chi connectivity index (χ1v) is 6.27. The zero-order valence-electron chi connectivity index (χ0n) is 8.98. The molecule has 8 heteroatoms. The molecule has 0 saturated heterocycles. The van der Waals surface area contributed by atoms with E-state index < -0.39 is 10.0 Å². The highest BCUT2D eigenvalue weighted by Gasteiger charge is 2.19. The standard InChI is InChI=1S/C10H7N5O2S/c11-7-8-3-1-2-4-9(8)18(16,17)15-10-12-5-6-13-14-10/h1-6H,(H,12,14,15). The molecule has 90 valence electrons. The zero-order chi connectivity index (χ0) is 13.0. The Bertz CT molecular complexity index is 694. The van der Waals surface area contributed by atoms with Crippen molar-refractivity contribution in [2.75, 3.05) is 4.72 Å². The lowest BCUT2D eigenvalue weighted by Gasteiger charge is -2.06. The van der Waals surface area contributed by atoms with E-state index in [-0.39, 0.29) is 16.4 Å². The SMILES string of the molecule is N#Cc1ccccc1S(=O)(=O)Nc1nccnn1. The molecule has 0 atom stereocenters. The van der Waals surface area contributed by atoms with Crippen LogP contribution in [-0.2, 0) is 10.0 Å². The molecule has 0 amide bonds. The van der Waals surface area contributed by atoms with Gasteiger partial charge in [-0.05, 0) is 12.1 Å². The predicted molar refractivity (Wildman–Crippen MR) is 61.8 cm³/mol. The highest BCUT2D eigenvalue weighted by molar-refractivity contribution is 7.92. The van der Waals surface area contributed by atoms with Crippen molar-refractivity contribution in [3.05, 3.63) is 42.2 Å². The third-order valence-corrected chi connectivity index (χ3v) is 3.39. The zero-order valence-corrected chi connectivity index (χ0v) is 9.79. The Morgan fingerprint density at radius 2 is 2.00 bits per heavy atom. The molecule has 0 saturated carbocycles. The van der Waals surface area contributed by atoms with Gasteiger partial charge in [0.15, 0.2) is 0 Å². The molecule has 0 fully saturated rings. The molecule has 2 aromatic rings. The minimum Gasteiger partial charge on any atom is -0.246 e. The number of nitrogens with zero attached hydrogens (tertiary/aromatic N) is 4. The van der Waals surface area contributed by atoms with Crippen LogP contribution in [0.25, 0.3) is 0 Å². The maximum Gasteiger partial charge on any atom is 0.265 e. The Hall–Kier alpha value is -2.53. The quantitative estimate of drug-likeness (QED) is 0.863. The fourth-order valence-corrected chi connectivity index (χ4v) is 2.37. The first kappa shape index (κ1) is 11.9. The molecular formula is C10H7N5O2S. The van der Waals surface area contributed by atoms with E-state index in [9.17, 15) is 8.42 Å². The molecule has 1 aromatic heterocycles. The summed E-state index contributed by atoms with van der Waals surface area (Å²) >= 11 is 0. The van der Waals surface area contributed by atoms with Gasteiger partial charge in [-0.1, -0.05) is 12.1 Å². The summed E-state index contributed by atoms with van der Waals surface area (Å²) < 4.78 is 26.2. The number of aromatic nitrogens is 3. The Kier molecular flexibility index (Phi) is 3.16. The molecule has 0 bridgehead atoms. The number of nitrogens with one attached hydrogen (secondary N) is 1. The number of rotatable bonds is 3. The Morgan fingerprint density at radius 3 is 2.67 bits per heavy atom. The summed E-state index contributed by atoms with van der Waals surface area (Å²) in [5.41, 5.74) is 0.0499. The normalized spacial score (nSPS) is 10.6. The van der Waals surface area contributed by atoms with Gasteiger partial charge in [0.2, 0.25) is 0 Å². The van der Waals surface area contributed by atoms with Gasteiger partial charge in [-0.15, -0.1) is 5.10 Å². The number of hydrogen-bond donors (Lipinski definition) is 1. The van der Waals surface area contributed by atoms with Crippen LogP contribution in [0.3, 0.4) is 0 Å². The van der Waals surface area contributed by atoms with Crippen molar-refractivity contribution in [3.63, 3.8) is 0 Å². The van der Waals surface area contributed by atoms with Crippen LogP contribution in [0.15, 0.2) is 41.6 Å². The summed E-state index contributed by atoms with van der Waals surface area (Å²) in [6.45, 7) is 0. The van der Waals surface area contributed by atoms with Gasteiger partial charge < -0.3 is 0 Å². The van der Waals surface area contributed by atoms with Gasteiger partial charge in [-0.3, -0.25) is 0 Å². The van der Waals surface area contributed by atoms with Crippen LogP contribution in [0.2, 0.25) is 0 Å². The van der Waals surface area contributed by atoms with Crippen molar-refractivity contribution in [3.8, 4) is 6.07 Å². The van der Waals surface area contributed by atoms with Crippen LogP contribution < -0.4 is 4.72 Å². The van der Waals surface area contributed by atoms with Gasteiger partial charge in [0.05, 0.1) is 18.0 Å². The molecule has 0 unspecified atom stereocenters. The summed E-state index contributed by atoms with van der Waals surface area (Å²) in [6.07, 6.45) is 2.63. The third-order valence-electron chi connectivity index (χ3n) is 2.01. The van der Waals surface area contributed by atoms with Crippen LogP contribution in [0.5, 0.6) is 0 Å². The van der Waals surface area contributed by atoms with Crippen LogP contribution in [-0.4, -0.2) is 23.6 Å². The van der Waals surface area contributed by atoms with Crippen LogP contribution in [0, 0.1) is 11.3 Å². The third kappa shape index (κ3) is 2.41. The lowest BCUT2D eigenvalue weighted by atomic mass is 10.2. The lowest BCUT2D eigenvalue weighted by Crippen LogP contribution is -2.16. The van der Waals surface area contributed by atoms with E-state index in [1.165, 1.54) is 30.6 Å². The van der Waals surface area contributed by atoms with Crippen LogP contribution >= 0.6 is 0 Å². The molecule has 0 spiro atoms. The average molecular weight is 261 g/mol. The van der Waals surface area contributed by atoms with Gasteiger partial charge in [-0.2, -0.15) is 10.4 Å². The van der Waals surface area contributed by atoms with Gasteiger partial charge in [-0.25, -0.2) is 18.1 Å². The van der Waals surface area contributed by atoms with Gasteiger partial charge in [0, 0.05) is 0 Å². The van der Waals surface area contributed by atoms with Gasteiger partial charge in [0.1, 0.15) is 11.0 Å². The molecule has 1 aromatic carbocycles. The number of hydrogen-bond acceptors (Lipinski definition) is 6. The van der Waals surface area contributed by atoms with Gasteiger partial charge >= 0.3 is 0 Å². The van der Waals surface area contributed by atoms with Crippen molar-refractivity contribution < 1.29 is 8.42 Å². The topological polar surface area (TPSA) is 109 Å². The van der Waals surface area contributed by atoms with Gasteiger partial charge in [0.25, 0.3) is 16.0 Å². The van der Waals surface area contributed by atoms with E-state index in [0.29, 0.717) is 0 Å². The molecule has 2 rings (SSSR count). The van der Waals surface area contributed by atoms with E-state index in [0.717, 1.165) is 0 Å². The van der Waals surface area contributed by atoms with Crippen LogP contribution in [0.4, 0.5) is 5.95 Å². The summed E-state index contributed by atoms with van der Waals surface area (Å²) in [6, 6.07) is 7.67. The minimum atomic E-state index is -3.89. The molecule has 0 aliphatic heterocycles. The van der Waals surface area contributed by atoms with Crippen molar-refractivity contribution in [2.24, 2.45) is 0 Å². The maximum absolute atomic E-state index is 12.0. The second kappa shape index (κ2) is 4.77. The molecule has 0 aliphatic rings. The average Bonchev–Trinajstić information content (AvgIpc) is 2.39. The van der Waals surface area contributed by atoms with E-state index in [2.05, 4.69) is 19.9 Å². The molecule has 7 nitrogen and oxygen atoms in total. The second-order valence-electron chi connectivity index (χ2n) is 3.18. The minimum absolute atomic E-state index is 0.0499. The molecule has 0 aliphatic carbocycles. The highest BCUT2D eigenvalue weighted by atomic mass is 32.2. The summed E-state index contributed by atoms with van der Waals surface area (Å²) in [7, 11) is -3.89. The predicted octanol–water partition coefficient (Wildman–Crippen LogP) is 0.544. The lowest BCUT2D eigenvalue weighted by molar-refractivity contribution is 0.600. The number of nitriles is 1. The van der Waals surface area contributed by atoms with Crippen molar-refractivity contribution in [1.82, 2.24) is 15.2 Å². The van der Waals surface area contributed by atoms with E-state index in [1.54, 1.807) is 6.07 Å². The van der Waals surface area contributed by atoms with Crippen LogP contribution in [0.1, 0.15) is 5.56 Å². The number of benzene rings is 1. The summed E-state index contributed by atoms with van der Waals surface area (Å²) in [5.74, 6) is -0.148. The fourth-order valence-electron chi connectivity index (χ4n) is 1.26. The molecule has 0 radical (unpaired) electrons. The largest absolute Gasteiger partial charge is 0.265 e. The first-order chi connectivity index (χ1) is 8.63. The number of sulfonamides is 1. The summed E-state index contributed by atoms with van der Waals surface area (Å²) in [4.78, 5) is 3.57. The van der Waals surface area contributed by atoms with Crippen molar-refractivity contribution in [1.29, 1.82) is 5.26 Å². The Morgan fingerprint density at radius 1 is 1.22 bits per heavy atom. The Labute approximate surface area is 103 Å². The van der Waals surface area contributed by atoms with E-state index in [4.69, 9.17) is 5.26 Å². The molecule has 1 heterocycles. The van der Waals surface area contributed by atoms with E-state index >= 15 is 0 Å². The van der Waals surface area contributed by atoms with Crippen molar-refractivity contribution >= 4 is 16.0 Å². The Balaban J connectivity index is 2.41. The maximum atomic E-state index is 12.0. The monoisotopic (exact) mass is 261 g/mol. The molecular weight excluding hydrogens is 254 g/mol. The molecule has 1 N–H and O–H groups in total.